The van der Waals surface area contributed by atoms with E-state index in [0.717, 1.165) is 23.8 Å². The lowest BCUT2D eigenvalue weighted by Crippen LogP contribution is -2.34. The summed E-state index contributed by atoms with van der Waals surface area (Å²) in [5, 5.41) is 8.64. The van der Waals surface area contributed by atoms with Crippen LogP contribution in [-0.2, 0) is 0 Å². The number of hydrogen-bond acceptors (Lipinski definition) is 1. The van der Waals surface area contributed by atoms with Gasteiger partial charge in [-0.05, 0) is 12.8 Å². The molecule has 4 heteroatoms. The van der Waals surface area contributed by atoms with Gasteiger partial charge in [0, 0.05) is 17.0 Å². The van der Waals surface area contributed by atoms with Gasteiger partial charge in [0.1, 0.15) is 0 Å². The van der Waals surface area contributed by atoms with Crippen molar-refractivity contribution in [2.75, 3.05) is 11.0 Å². The highest BCUT2D eigenvalue weighted by Crippen LogP contribution is 2.18. The van der Waals surface area contributed by atoms with Crippen LogP contribution in [0.3, 0.4) is 0 Å². The van der Waals surface area contributed by atoms with Crippen molar-refractivity contribution in [1.29, 1.82) is 0 Å². The molecule has 1 amide bonds. The summed E-state index contributed by atoms with van der Waals surface area (Å²) in [7, 11) is 0. The molecule has 0 aliphatic carbocycles. The van der Waals surface area contributed by atoms with Gasteiger partial charge in [-0.3, -0.25) is 0 Å². The largest absolute Gasteiger partial charge is 0.465 e. The molecule has 1 unspecified atom stereocenters. The lowest BCUT2D eigenvalue weighted by Gasteiger charge is -2.18. The van der Waals surface area contributed by atoms with Gasteiger partial charge in [-0.15, -0.1) is 0 Å². The van der Waals surface area contributed by atoms with Crippen LogP contribution in [0.15, 0.2) is 0 Å². The second-order valence-corrected chi connectivity index (χ2v) is 3.31. The van der Waals surface area contributed by atoms with Crippen molar-refractivity contribution in [2.24, 2.45) is 0 Å². The predicted octanol–water partition coefficient (Wildman–Crippen LogP) is 1.56. The van der Waals surface area contributed by atoms with Crippen molar-refractivity contribution >= 4 is 28.7 Å². The molecule has 10 heavy (non-hydrogen) atoms. The zero-order chi connectivity index (χ0) is 7.56. The highest BCUT2D eigenvalue weighted by molar-refractivity contribution is 14.1. The third-order valence-electron chi connectivity index (χ3n) is 1.80. The Morgan fingerprint density at radius 2 is 2.50 bits per heavy atom. The first-order chi connectivity index (χ1) is 4.75. The lowest BCUT2D eigenvalue weighted by molar-refractivity contribution is 0.144. The van der Waals surface area contributed by atoms with Gasteiger partial charge in [-0.25, -0.2) is 4.79 Å². The van der Waals surface area contributed by atoms with Crippen molar-refractivity contribution < 1.29 is 9.90 Å². The van der Waals surface area contributed by atoms with Crippen LogP contribution in [0, 0.1) is 0 Å². The van der Waals surface area contributed by atoms with Gasteiger partial charge < -0.3 is 10.0 Å². The molecule has 1 fully saturated rings. The van der Waals surface area contributed by atoms with E-state index < -0.39 is 6.09 Å². The highest BCUT2D eigenvalue weighted by atomic mass is 127. The number of halogens is 1. The molecule has 58 valence electrons. The molecule has 1 aliphatic heterocycles. The summed E-state index contributed by atoms with van der Waals surface area (Å²) in [5.41, 5.74) is 0. The molecule has 0 aromatic carbocycles. The summed E-state index contributed by atoms with van der Waals surface area (Å²) in [6.07, 6.45) is 1.30. The van der Waals surface area contributed by atoms with E-state index in [2.05, 4.69) is 22.6 Å². The van der Waals surface area contributed by atoms with Crippen molar-refractivity contribution in [3.05, 3.63) is 0 Å². The first-order valence-electron chi connectivity index (χ1n) is 3.31. The number of nitrogens with zero attached hydrogens (tertiary/aromatic N) is 1. The van der Waals surface area contributed by atoms with Crippen LogP contribution in [0.1, 0.15) is 12.8 Å². The molecule has 1 N–H and O–H groups in total. The molecule has 0 radical (unpaired) electrons. The van der Waals surface area contributed by atoms with Gasteiger partial charge in [-0.2, -0.15) is 0 Å². The van der Waals surface area contributed by atoms with Crippen LogP contribution in [0.4, 0.5) is 4.79 Å². The van der Waals surface area contributed by atoms with Gasteiger partial charge in [0.2, 0.25) is 0 Å². The van der Waals surface area contributed by atoms with E-state index in [1.807, 2.05) is 0 Å². The van der Waals surface area contributed by atoms with Crippen LogP contribution in [0.2, 0.25) is 0 Å². The van der Waals surface area contributed by atoms with Crippen molar-refractivity contribution in [3.63, 3.8) is 0 Å². The average Bonchev–Trinajstić information content (AvgIpc) is 2.33. The van der Waals surface area contributed by atoms with Gasteiger partial charge >= 0.3 is 6.09 Å². The fourth-order valence-corrected chi connectivity index (χ4v) is 2.16. The number of alkyl halides is 1. The van der Waals surface area contributed by atoms with Crippen LogP contribution in [0.25, 0.3) is 0 Å². The summed E-state index contributed by atoms with van der Waals surface area (Å²) in [6, 6.07) is 0.276. The average molecular weight is 255 g/mol. The second kappa shape index (κ2) is 3.41. The Hall–Kier alpha value is 0. The molecule has 0 saturated carbocycles. The zero-order valence-electron chi connectivity index (χ0n) is 5.59. The van der Waals surface area contributed by atoms with E-state index in [1.54, 1.807) is 0 Å². The summed E-state index contributed by atoms with van der Waals surface area (Å²) in [6.45, 7) is 0.725. The smallest absolute Gasteiger partial charge is 0.407 e. The Kier molecular flexibility index (Phi) is 2.76. The molecule has 1 aliphatic rings. The highest BCUT2D eigenvalue weighted by Gasteiger charge is 2.26. The van der Waals surface area contributed by atoms with E-state index >= 15 is 0 Å². The third-order valence-corrected chi connectivity index (χ3v) is 2.82. The minimum absolute atomic E-state index is 0.276. The molecule has 1 rings (SSSR count). The fraction of sp³-hybridized carbons (Fsp3) is 0.833. The van der Waals surface area contributed by atoms with Crippen LogP contribution >= 0.6 is 22.6 Å². The van der Waals surface area contributed by atoms with E-state index in [0.29, 0.717) is 0 Å². The molecule has 0 aromatic rings. The maximum atomic E-state index is 10.5. The first kappa shape index (κ1) is 8.10. The third kappa shape index (κ3) is 1.53. The summed E-state index contributed by atoms with van der Waals surface area (Å²) in [4.78, 5) is 12.0. The Morgan fingerprint density at radius 3 is 2.90 bits per heavy atom. The monoisotopic (exact) mass is 255 g/mol. The Labute approximate surface area is 73.5 Å². The van der Waals surface area contributed by atoms with E-state index in [9.17, 15) is 4.79 Å². The van der Waals surface area contributed by atoms with E-state index in [-0.39, 0.29) is 6.04 Å². The molecule has 1 heterocycles. The summed E-state index contributed by atoms with van der Waals surface area (Å²) < 4.78 is 0.921. The van der Waals surface area contributed by atoms with Gasteiger partial charge in [-0.1, -0.05) is 22.6 Å². The zero-order valence-corrected chi connectivity index (χ0v) is 7.74. The Balaban J connectivity index is 2.50. The normalized spacial score (nSPS) is 25.3. The van der Waals surface area contributed by atoms with Crippen molar-refractivity contribution in [1.82, 2.24) is 4.90 Å². The molecule has 1 atom stereocenters. The van der Waals surface area contributed by atoms with Crippen LogP contribution in [-0.4, -0.2) is 33.1 Å². The number of hydrogen-bond donors (Lipinski definition) is 1. The standard InChI is InChI=1S/C6H10INO2/c7-4-5-2-1-3-8(5)6(9)10/h5H,1-4H2,(H,9,10). The maximum absolute atomic E-state index is 10.5. The van der Waals surface area contributed by atoms with Gasteiger partial charge in [0.25, 0.3) is 0 Å². The van der Waals surface area contributed by atoms with Crippen molar-refractivity contribution in [3.8, 4) is 0 Å². The number of carbonyl (C=O) groups is 1. The Morgan fingerprint density at radius 1 is 1.80 bits per heavy atom. The molecule has 1 saturated heterocycles. The van der Waals surface area contributed by atoms with Gasteiger partial charge in [0.15, 0.2) is 0 Å². The SMILES string of the molecule is O=C(O)N1CCCC1CI. The molecular weight excluding hydrogens is 245 g/mol. The van der Waals surface area contributed by atoms with Gasteiger partial charge in [0.05, 0.1) is 0 Å². The van der Waals surface area contributed by atoms with Crippen molar-refractivity contribution in [2.45, 2.75) is 18.9 Å². The molecule has 3 nitrogen and oxygen atoms in total. The number of carboxylic acid groups (broad SMARTS) is 1. The fourth-order valence-electron chi connectivity index (χ4n) is 1.25. The quantitative estimate of drug-likeness (QED) is 0.570. The number of rotatable bonds is 1. The minimum Gasteiger partial charge on any atom is -0.465 e. The summed E-state index contributed by atoms with van der Waals surface area (Å²) in [5.74, 6) is 0. The summed E-state index contributed by atoms with van der Waals surface area (Å²) >= 11 is 2.23. The molecular formula is C6H10INO2. The van der Waals surface area contributed by atoms with E-state index in [4.69, 9.17) is 5.11 Å². The lowest BCUT2D eigenvalue weighted by atomic mass is 10.2. The first-order valence-corrected chi connectivity index (χ1v) is 4.84. The second-order valence-electron chi connectivity index (χ2n) is 2.43. The maximum Gasteiger partial charge on any atom is 0.407 e. The van der Waals surface area contributed by atoms with E-state index in [1.165, 1.54) is 4.90 Å². The molecule has 0 spiro atoms. The minimum atomic E-state index is -0.765. The molecule has 0 aromatic heterocycles. The topological polar surface area (TPSA) is 40.5 Å². The molecule has 0 bridgehead atoms. The number of likely N-dealkylation sites (tertiary alicyclic amines) is 1. The van der Waals surface area contributed by atoms with Crippen LogP contribution in [0.5, 0.6) is 0 Å². The number of amides is 1. The Bertz CT molecular complexity index is 140. The predicted molar refractivity (Wildman–Crippen MR) is 46.6 cm³/mol. The van der Waals surface area contributed by atoms with Crippen LogP contribution < -0.4 is 0 Å².